The number of aryl methyl sites for hydroxylation is 2. The molecule has 164 valence electrons. The van der Waals surface area contributed by atoms with Crippen molar-refractivity contribution < 1.29 is 4.57 Å². The van der Waals surface area contributed by atoms with Gasteiger partial charge in [0.25, 0.3) is 5.82 Å². The fourth-order valence-electron chi connectivity index (χ4n) is 4.47. The molecule has 0 spiro atoms. The molecule has 0 N–H and O–H groups in total. The van der Waals surface area contributed by atoms with Crippen LogP contribution in [0.1, 0.15) is 61.8 Å². The standard InChI is InChI=1S/C29H34N3/c1-19(2)25-15-24(23-11-9-8-10-12-23)16-26(20(3)4)28(25)32-14-13-31(7)29(32)27-18-30-17-21(5)22(27)6/h8-20H,1-7H3/q+1. The zero-order chi connectivity index (χ0) is 23.0. The molecule has 0 radical (unpaired) electrons. The summed E-state index contributed by atoms with van der Waals surface area (Å²) in [5.41, 5.74) is 10.2. The van der Waals surface area contributed by atoms with E-state index in [-0.39, 0.29) is 0 Å². The molecule has 2 aromatic carbocycles. The minimum Gasteiger partial charge on any atom is -0.263 e. The van der Waals surface area contributed by atoms with Crippen LogP contribution < -0.4 is 4.57 Å². The molecule has 4 rings (SSSR count). The Kier molecular flexibility index (Phi) is 6.01. The summed E-state index contributed by atoms with van der Waals surface area (Å²) in [5, 5.41) is 0. The van der Waals surface area contributed by atoms with Crippen LogP contribution in [0, 0.1) is 13.8 Å². The summed E-state index contributed by atoms with van der Waals surface area (Å²) >= 11 is 0. The highest BCUT2D eigenvalue weighted by molar-refractivity contribution is 5.71. The number of hydrogen-bond donors (Lipinski definition) is 0. The summed E-state index contributed by atoms with van der Waals surface area (Å²) in [6.07, 6.45) is 8.29. The summed E-state index contributed by atoms with van der Waals surface area (Å²) in [5.74, 6) is 1.95. The van der Waals surface area contributed by atoms with Gasteiger partial charge in [-0.25, -0.2) is 4.57 Å². The quantitative estimate of drug-likeness (QED) is 0.320. The highest BCUT2D eigenvalue weighted by Gasteiger charge is 2.28. The summed E-state index contributed by atoms with van der Waals surface area (Å²) in [7, 11) is 2.12. The lowest BCUT2D eigenvalue weighted by molar-refractivity contribution is -0.659. The van der Waals surface area contributed by atoms with E-state index in [2.05, 4.69) is 118 Å². The summed E-state index contributed by atoms with van der Waals surface area (Å²) in [4.78, 5) is 4.52. The van der Waals surface area contributed by atoms with Crippen molar-refractivity contribution >= 4 is 0 Å². The largest absolute Gasteiger partial charge is 0.295 e. The molecule has 3 nitrogen and oxygen atoms in total. The molecule has 2 aromatic heterocycles. The molecule has 0 aliphatic carbocycles. The predicted molar refractivity (Wildman–Crippen MR) is 133 cm³/mol. The van der Waals surface area contributed by atoms with Crippen molar-refractivity contribution in [1.29, 1.82) is 0 Å². The normalized spacial score (nSPS) is 11.5. The first-order chi connectivity index (χ1) is 15.3. The monoisotopic (exact) mass is 424 g/mol. The number of pyridine rings is 1. The second-order valence-corrected chi connectivity index (χ2v) is 9.41. The highest BCUT2D eigenvalue weighted by atomic mass is 15.1. The number of imidazole rings is 1. The van der Waals surface area contributed by atoms with Crippen molar-refractivity contribution in [3.05, 3.63) is 89.5 Å². The fraction of sp³-hybridized carbons (Fsp3) is 0.310. The van der Waals surface area contributed by atoms with E-state index in [1.807, 2.05) is 12.4 Å². The van der Waals surface area contributed by atoms with Crippen molar-refractivity contribution in [3.8, 4) is 28.2 Å². The molecule has 0 saturated heterocycles. The zero-order valence-electron chi connectivity index (χ0n) is 20.3. The maximum atomic E-state index is 4.52. The molecule has 0 aliphatic heterocycles. The third kappa shape index (κ3) is 3.88. The van der Waals surface area contributed by atoms with Gasteiger partial charge >= 0.3 is 0 Å². The Labute approximate surface area is 192 Å². The first-order valence-electron chi connectivity index (χ1n) is 11.5. The van der Waals surface area contributed by atoms with Crippen LogP contribution in [0.4, 0.5) is 0 Å². The second kappa shape index (κ2) is 8.74. The zero-order valence-corrected chi connectivity index (χ0v) is 20.3. The van der Waals surface area contributed by atoms with E-state index in [0.29, 0.717) is 11.8 Å². The van der Waals surface area contributed by atoms with Gasteiger partial charge in [0.15, 0.2) is 0 Å². The Hall–Kier alpha value is -3.20. The van der Waals surface area contributed by atoms with E-state index in [1.54, 1.807) is 0 Å². The molecule has 3 heteroatoms. The summed E-state index contributed by atoms with van der Waals surface area (Å²) in [6, 6.07) is 15.5. The lowest BCUT2D eigenvalue weighted by Crippen LogP contribution is -2.29. The second-order valence-electron chi connectivity index (χ2n) is 9.41. The van der Waals surface area contributed by atoms with Gasteiger partial charge in [-0.05, 0) is 60.1 Å². The number of benzene rings is 2. The lowest BCUT2D eigenvalue weighted by atomic mass is 9.88. The molecule has 0 bridgehead atoms. The van der Waals surface area contributed by atoms with Gasteiger partial charge in [0.05, 0.1) is 12.6 Å². The van der Waals surface area contributed by atoms with Gasteiger partial charge < -0.3 is 0 Å². The Bertz CT molecular complexity index is 1220. The van der Waals surface area contributed by atoms with E-state index < -0.39 is 0 Å². The minimum atomic E-state index is 0.392. The van der Waals surface area contributed by atoms with Gasteiger partial charge in [-0.1, -0.05) is 58.0 Å². The third-order valence-corrected chi connectivity index (χ3v) is 6.47. The van der Waals surface area contributed by atoms with Crippen LogP contribution in [0.15, 0.2) is 67.3 Å². The van der Waals surface area contributed by atoms with Crippen molar-refractivity contribution in [2.45, 2.75) is 53.4 Å². The van der Waals surface area contributed by atoms with Crippen LogP contribution in [-0.4, -0.2) is 9.55 Å². The number of hydrogen-bond acceptors (Lipinski definition) is 1. The van der Waals surface area contributed by atoms with E-state index in [1.165, 1.54) is 44.6 Å². The van der Waals surface area contributed by atoms with Gasteiger partial charge in [0.1, 0.15) is 18.1 Å². The van der Waals surface area contributed by atoms with E-state index >= 15 is 0 Å². The molecule has 0 atom stereocenters. The van der Waals surface area contributed by atoms with Crippen LogP contribution in [0.5, 0.6) is 0 Å². The van der Waals surface area contributed by atoms with Gasteiger partial charge in [-0.3, -0.25) is 4.98 Å². The average molecular weight is 425 g/mol. The molecule has 0 unspecified atom stereocenters. The molecular weight excluding hydrogens is 390 g/mol. The fourth-order valence-corrected chi connectivity index (χ4v) is 4.47. The van der Waals surface area contributed by atoms with Crippen molar-refractivity contribution in [3.63, 3.8) is 0 Å². The molecular formula is C29H34N3+. The maximum absolute atomic E-state index is 4.52. The highest BCUT2D eigenvalue weighted by Crippen LogP contribution is 2.37. The number of nitrogens with zero attached hydrogens (tertiary/aromatic N) is 3. The molecule has 0 amide bonds. The van der Waals surface area contributed by atoms with Crippen LogP contribution in [-0.2, 0) is 7.05 Å². The Morgan fingerprint density at radius 3 is 2.06 bits per heavy atom. The average Bonchev–Trinajstić information content (AvgIpc) is 3.16. The van der Waals surface area contributed by atoms with Gasteiger partial charge in [0.2, 0.25) is 0 Å². The number of rotatable bonds is 5. The van der Waals surface area contributed by atoms with Crippen molar-refractivity contribution in [2.24, 2.45) is 7.05 Å². The predicted octanol–water partition coefficient (Wildman–Crippen LogP) is 6.89. The molecule has 32 heavy (non-hydrogen) atoms. The van der Waals surface area contributed by atoms with Crippen LogP contribution in [0.25, 0.3) is 28.2 Å². The summed E-state index contributed by atoms with van der Waals surface area (Å²) < 4.78 is 4.59. The number of aromatic nitrogens is 3. The molecule has 0 fully saturated rings. The SMILES string of the molecule is Cc1cncc(-c2n(-c3c(C(C)C)cc(-c4ccccc4)cc3C(C)C)cc[n+]2C)c1C. The van der Waals surface area contributed by atoms with Crippen LogP contribution >= 0.6 is 0 Å². The topological polar surface area (TPSA) is 21.7 Å². The lowest BCUT2D eigenvalue weighted by Gasteiger charge is -2.20. The third-order valence-electron chi connectivity index (χ3n) is 6.47. The Morgan fingerprint density at radius 1 is 0.844 bits per heavy atom. The first kappa shape index (κ1) is 22.0. The summed E-state index contributed by atoms with van der Waals surface area (Å²) in [6.45, 7) is 13.5. The van der Waals surface area contributed by atoms with Crippen LogP contribution in [0.2, 0.25) is 0 Å². The molecule has 0 aliphatic rings. The van der Waals surface area contributed by atoms with Crippen molar-refractivity contribution in [1.82, 2.24) is 9.55 Å². The van der Waals surface area contributed by atoms with Gasteiger partial charge in [0, 0.05) is 23.5 Å². The minimum absolute atomic E-state index is 0.392. The van der Waals surface area contributed by atoms with Crippen LogP contribution in [0.3, 0.4) is 0 Å². The Balaban J connectivity index is 2.04. The van der Waals surface area contributed by atoms with Gasteiger partial charge in [-0.2, -0.15) is 4.57 Å². The maximum Gasteiger partial charge on any atom is 0.295 e. The van der Waals surface area contributed by atoms with Crippen molar-refractivity contribution in [2.75, 3.05) is 0 Å². The first-order valence-corrected chi connectivity index (χ1v) is 11.5. The van der Waals surface area contributed by atoms with E-state index in [9.17, 15) is 0 Å². The molecule has 4 aromatic rings. The smallest absolute Gasteiger partial charge is 0.263 e. The van der Waals surface area contributed by atoms with E-state index in [0.717, 1.165) is 5.82 Å². The molecule has 2 heterocycles. The van der Waals surface area contributed by atoms with E-state index in [4.69, 9.17) is 0 Å². The Morgan fingerprint density at radius 2 is 1.47 bits per heavy atom. The molecule has 0 saturated carbocycles. The van der Waals surface area contributed by atoms with Gasteiger partial charge in [-0.15, -0.1) is 0 Å².